The average molecular weight is 301 g/mol. The Labute approximate surface area is 124 Å². The standard InChI is InChI=1S/C13H21ClN4O2/c1-5-10(6-2)8-17(7-3)12-11(18(19)20)9(4)15-13(14)16-12/h10H,5-8H2,1-4H3. The van der Waals surface area contributed by atoms with Crippen LogP contribution in [0.3, 0.4) is 0 Å². The highest BCUT2D eigenvalue weighted by Gasteiger charge is 2.26. The summed E-state index contributed by atoms with van der Waals surface area (Å²) in [7, 11) is 0. The molecule has 0 aliphatic carbocycles. The molecular weight excluding hydrogens is 280 g/mol. The zero-order valence-corrected chi connectivity index (χ0v) is 13.1. The number of aryl methyl sites for hydroxylation is 1. The van der Waals surface area contributed by atoms with Crippen molar-refractivity contribution in [3.05, 3.63) is 21.1 Å². The van der Waals surface area contributed by atoms with E-state index in [1.165, 1.54) is 0 Å². The minimum absolute atomic E-state index is 0.0473. The summed E-state index contributed by atoms with van der Waals surface area (Å²) in [5.74, 6) is 0.797. The van der Waals surface area contributed by atoms with E-state index in [0.717, 1.165) is 19.4 Å². The molecule has 0 N–H and O–H groups in total. The second-order valence-corrected chi connectivity index (χ2v) is 5.07. The Bertz CT molecular complexity index is 478. The maximum absolute atomic E-state index is 11.3. The van der Waals surface area contributed by atoms with Crippen LogP contribution in [0, 0.1) is 23.0 Å². The predicted molar refractivity (Wildman–Crippen MR) is 80.4 cm³/mol. The van der Waals surface area contributed by atoms with E-state index in [-0.39, 0.29) is 11.0 Å². The molecule has 0 amide bonds. The van der Waals surface area contributed by atoms with Gasteiger partial charge in [0.25, 0.3) is 0 Å². The number of rotatable bonds is 7. The Morgan fingerprint density at radius 2 is 1.90 bits per heavy atom. The molecule has 0 fully saturated rings. The molecule has 0 atom stereocenters. The molecule has 0 saturated carbocycles. The van der Waals surface area contributed by atoms with Gasteiger partial charge in [-0.05, 0) is 31.4 Å². The normalized spacial score (nSPS) is 10.9. The van der Waals surface area contributed by atoms with Crippen molar-refractivity contribution in [3.8, 4) is 0 Å². The van der Waals surface area contributed by atoms with E-state index in [1.54, 1.807) is 6.92 Å². The van der Waals surface area contributed by atoms with Crippen LogP contribution in [0.25, 0.3) is 0 Å². The van der Waals surface area contributed by atoms with Crippen molar-refractivity contribution >= 4 is 23.1 Å². The maximum Gasteiger partial charge on any atom is 0.332 e. The Morgan fingerprint density at radius 3 is 2.35 bits per heavy atom. The fraction of sp³-hybridized carbons (Fsp3) is 0.692. The number of hydrogen-bond donors (Lipinski definition) is 0. The minimum Gasteiger partial charge on any atom is -0.351 e. The summed E-state index contributed by atoms with van der Waals surface area (Å²) in [4.78, 5) is 20.7. The highest BCUT2D eigenvalue weighted by molar-refractivity contribution is 6.28. The van der Waals surface area contributed by atoms with E-state index < -0.39 is 4.92 Å². The van der Waals surface area contributed by atoms with Gasteiger partial charge in [0, 0.05) is 13.1 Å². The van der Waals surface area contributed by atoms with Crippen LogP contribution < -0.4 is 4.90 Å². The lowest BCUT2D eigenvalue weighted by atomic mass is 10.0. The van der Waals surface area contributed by atoms with Crippen LogP contribution in [0.4, 0.5) is 11.5 Å². The van der Waals surface area contributed by atoms with Crippen LogP contribution in [-0.4, -0.2) is 28.0 Å². The summed E-state index contributed by atoms with van der Waals surface area (Å²) in [6, 6.07) is 0. The average Bonchev–Trinajstić information content (AvgIpc) is 2.38. The molecule has 0 aromatic carbocycles. The highest BCUT2D eigenvalue weighted by Crippen LogP contribution is 2.30. The van der Waals surface area contributed by atoms with Gasteiger partial charge in [-0.1, -0.05) is 26.7 Å². The van der Waals surface area contributed by atoms with Crippen LogP contribution in [0.1, 0.15) is 39.3 Å². The van der Waals surface area contributed by atoms with E-state index in [1.807, 2.05) is 11.8 Å². The third kappa shape index (κ3) is 3.79. The third-order valence-electron chi connectivity index (χ3n) is 3.51. The van der Waals surface area contributed by atoms with Crippen LogP contribution in [0.5, 0.6) is 0 Å². The smallest absolute Gasteiger partial charge is 0.332 e. The van der Waals surface area contributed by atoms with Gasteiger partial charge < -0.3 is 4.90 Å². The van der Waals surface area contributed by atoms with Gasteiger partial charge in [0.2, 0.25) is 11.1 Å². The lowest BCUT2D eigenvalue weighted by Gasteiger charge is -2.26. The van der Waals surface area contributed by atoms with Gasteiger partial charge in [0.15, 0.2) is 0 Å². The minimum atomic E-state index is -0.434. The van der Waals surface area contributed by atoms with E-state index in [0.29, 0.717) is 24.0 Å². The quantitative estimate of drug-likeness (QED) is 0.437. The molecular formula is C13H21ClN4O2. The van der Waals surface area contributed by atoms with Gasteiger partial charge in [0.1, 0.15) is 5.69 Å². The Kier molecular flexibility index (Phi) is 6.13. The second-order valence-electron chi connectivity index (χ2n) is 4.73. The summed E-state index contributed by atoms with van der Waals surface area (Å²) in [5.41, 5.74) is 0.246. The molecule has 0 bridgehead atoms. The van der Waals surface area contributed by atoms with Crippen LogP contribution >= 0.6 is 11.6 Å². The van der Waals surface area contributed by atoms with Gasteiger partial charge in [0.05, 0.1) is 4.92 Å². The van der Waals surface area contributed by atoms with Crippen LogP contribution in [0.15, 0.2) is 0 Å². The van der Waals surface area contributed by atoms with Crippen molar-refractivity contribution in [2.24, 2.45) is 5.92 Å². The zero-order chi connectivity index (χ0) is 15.3. The molecule has 0 saturated heterocycles. The first-order chi connectivity index (χ1) is 9.44. The molecule has 0 unspecified atom stereocenters. The molecule has 0 aliphatic heterocycles. The third-order valence-corrected chi connectivity index (χ3v) is 3.68. The summed E-state index contributed by atoms with van der Waals surface area (Å²) in [5, 5.41) is 11.3. The Hall–Kier alpha value is -1.43. The predicted octanol–water partition coefficient (Wildman–Crippen LogP) is 3.61. The molecule has 1 heterocycles. The number of anilines is 1. The molecule has 7 heteroatoms. The van der Waals surface area contributed by atoms with Gasteiger partial charge >= 0.3 is 5.69 Å². The van der Waals surface area contributed by atoms with E-state index >= 15 is 0 Å². The topological polar surface area (TPSA) is 72.2 Å². The van der Waals surface area contributed by atoms with E-state index in [9.17, 15) is 10.1 Å². The van der Waals surface area contributed by atoms with Crippen LogP contribution in [-0.2, 0) is 0 Å². The zero-order valence-electron chi connectivity index (χ0n) is 12.4. The van der Waals surface area contributed by atoms with E-state index in [2.05, 4.69) is 23.8 Å². The largest absolute Gasteiger partial charge is 0.351 e. The number of halogens is 1. The van der Waals surface area contributed by atoms with Crippen molar-refractivity contribution in [1.29, 1.82) is 0 Å². The first-order valence-electron chi connectivity index (χ1n) is 6.87. The van der Waals surface area contributed by atoms with Crippen molar-refractivity contribution in [2.45, 2.75) is 40.5 Å². The summed E-state index contributed by atoms with van der Waals surface area (Å²) < 4.78 is 0. The molecule has 0 spiro atoms. The molecule has 0 radical (unpaired) electrons. The molecule has 20 heavy (non-hydrogen) atoms. The monoisotopic (exact) mass is 300 g/mol. The molecule has 112 valence electrons. The van der Waals surface area contributed by atoms with Crippen molar-refractivity contribution < 1.29 is 4.92 Å². The van der Waals surface area contributed by atoms with Gasteiger partial charge in [-0.2, -0.15) is 4.98 Å². The Morgan fingerprint density at radius 1 is 1.30 bits per heavy atom. The number of aromatic nitrogens is 2. The van der Waals surface area contributed by atoms with Gasteiger partial charge in [-0.25, -0.2) is 4.98 Å². The highest BCUT2D eigenvalue weighted by atomic mass is 35.5. The second kappa shape index (κ2) is 7.38. The lowest BCUT2D eigenvalue weighted by Crippen LogP contribution is -2.30. The lowest BCUT2D eigenvalue weighted by molar-refractivity contribution is -0.385. The number of nitrogens with zero attached hydrogens (tertiary/aromatic N) is 4. The fourth-order valence-electron chi connectivity index (χ4n) is 2.18. The van der Waals surface area contributed by atoms with Gasteiger partial charge in [-0.15, -0.1) is 0 Å². The van der Waals surface area contributed by atoms with Crippen LogP contribution in [0.2, 0.25) is 5.28 Å². The molecule has 1 aromatic rings. The summed E-state index contributed by atoms with van der Waals surface area (Å²) >= 11 is 5.86. The van der Waals surface area contributed by atoms with Crippen molar-refractivity contribution in [1.82, 2.24) is 9.97 Å². The van der Waals surface area contributed by atoms with E-state index in [4.69, 9.17) is 11.6 Å². The summed E-state index contributed by atoms with van der Waals surface area (Å²) in [6.45, 7) is 9.15. The first kappa shape index (κ1) is 16.6. The molecule has 0 aliphatic rings. The van der Waals surface area contributed by atoms with Gasteiger partial charge in [-0.3, -0.25) is 10.1 Å². The molecule has 1 rings (SSSR count). The van der Waals surface area contributed by atoms with Crippen molar-refractivity contribution in [3.63, 3.8) is 0 Å². The SMILES string of the molecule is CCC(CC)CN(CC)c1nc(Cl)nc(C)c1[N+](=O)[O-]. The first-order valence-corrected chi connectivity index (χ1v) is 7.25. The maximum atomic E-state index is 11.3. The fourth-order valence-corrected chi connectivity index (χ4v) is 2.38. The Balaban J connectivity index is 3.23. The summed E-state index contributed by atoms with van der Waals surface area (Å²) in [6.07, 6.45) is 2.05. The number of hydrogen-bond acceptors (Lipinski definition) is 5. The number of nitro groups is 1. The molecule has 6 nitrogen and oxygen atoms in total. The van der Waals surface area contributed by atoms with Crippen molar-refractivity contribution in [2.75, 3.05) is 18.0 Å². The molecule has 1 aromatic heterocycles.